The molecule has 5 nitrogen and oxygen atoms in total. The molecule has 0 bridgehead atoms. The van der Waals surface area contributed by atoms with E-state index in [2.05, 4.69) is 21.2 Å². The van der Waals surface area contributed by atoms with Gasteiger partial charge in [0.2, 0.25) is 0 Å². The lowest BCUT2D eigenvalue weighted by atomic mass is 9.87. The number of ether oxygens (including phenoxy) is 1. The molecule has 2 aromatic rings. The van der Waals surface area contributed by atoms with E-state index >= 15 is 0 Å². The van der Waals surface area contributed by atoms with Crippen LogP contribution < -0.4 is 5.32 Å². The van der Waals surface area contributed by atoms with Crippen LogP contribution in [0.3, 0.4) is 0 Å². The summed E-state index contributed by atoms with van der Waals surface area (Å²) in [4.78, 5) is 25.3. The third kappa shape index (κ3) is 2.58. The third-order valence-electron chi connectivity index (χ3n) is 4.93. The number of aliphatic hydroxyl groups is 1. The van der Waals surface area contributed by atoms with E-state index in [0.717, 1.165) is 0 Å². The lowest BCUT2D eigenvalue weighted by Crippen LogP contribution is -2.28. The van der Waals surface area contributed by atoms with E-state index in [0.29, 0.717) is 29.5 Å². The molecule has 134 valence electrons. The van der Waals surface area contributed by atoms with Crippen molar-refractivity contribution in [3.05, 3.63) is 68.9 Å². The summed E-state index contributed by atoms with van der Waals surface area (Å²) in [6, 6.07) is 8.93. The third-order valence-corrected chi connectivity index (χ3v) is 5.43. The van der Waals surface area contributed by atoms with Crippen LogP contribution in [0, 0.1) is 5.82 Å². The molecule has 0 saturated carbocycles. The number of ketones is 1. The number of esters is 1. The van der Waals surface area contributed by atoms with Crippen molar-refractivity contribution in [2.24, 2.45) is 0 Å². The Labute approximate surface area is 157 Å². The Bertz CT molecular complexity index is 924. The van der Waals surface area contributed by atoms with Gasteiger partial charge in [0.25, 0.3) is 0 Å². The summed E-state index contributed by atoms with van der Waals surface area (Å²) >= 11 is 3.14. The van der Waals surface area contributed by atoms with E-state index in [9.17, 15) is 19.1 Å². The molecule has 0 aliphatic carbocycles. The van der Waals surface area contributed by atoms with E-state index in [-0.39, 0.29) is 16.7 Å². The average molecular weight is 420 g/mol. The van der Waals surface area contributed by atoms with Crippen LogP contribution in [0.5, 0.6) is 0 Å². The van der Waals surface area contributed by atoms with Gasteiger partial charge in [-0.15, -0.1) is 0 Å². The Morgan fingerprint density at radius 2 is 2.15 bits per heavy atom. The Morgan fingerprint density at radius 3 is 2.85 bits per heavy atom. The van der Waals surface area contributed by atoms with E-state index < -0.39 is 29.3 Å². The monoisotopic (exact) mass is 419 g/mol. The second-order valence-corrected chi connectivity index (χ2v) is 7.39. The molecular weight excluding hydrogens is 405 g/mol. The normalized spacial score (nSPS) is 22.3. The van der Waals surface area contributed by atoms with Gasteiger partial charge in [0.15, 0.2) is 11.4 Å². The van der Waals surface area contributed by atoms with Crippen LogP contribution in [0.25, 0.3) is 0 Å². The smallest absolute Gasteiger partial charge is 0.340 e. The molecule has 0 radical (unpaired) electrons. The Hall–Kier alpha value is -2.09. The first-order chi connectivity index (χ1) is 12.4. The highest BCUT2D eigenvalue weighted by atomic mass is 79.9. The molecule has 2 aliphatic rings. The minimum atomic E-state index is -1.71. The van der Waals surface area contributed by atoms with Crippen molar-refractivity contribution in [1.29, 1.82) is 0 Å². The van der Waals surface area contributed by atoms with Crippen LogP contribution in [0.1, 0.15) is 44.4 Å². The molecule has 1 saturated heterocycles. The summed E-state index contributed by atoms with van der Waals surface area (Å²) < 4.78 is 20.2. The van der Waals surface area contributed by atoms with Crippen molar-refractivity contribution < 1.29 is 23.8 Å². The first-order valence-corrected chi connectivity index (χ1v) is 8.97. The lowest BCUT2D eigenvalue weighted by molar-refractivity contribution is 0.00157. The second-order valence-electron chi connectivity index (χ2n) is 6.47. The summed E-state index contributed by atoms with van der Waals surface area (Å²) in [5.41, 5.74) is -0.0543. The fourth-order valence-corrected chi connectivity index (χ4v) is 3.97. The predicted octanol–water partition coefficient (Wildman–Crippen LogP) is 2.86. The number of hydrogen-bond donors (Lipinski definition) is 2. The maximum atomic E-state index is 14.1. The van der Waals surface area contributed by atoms with Gasteiger partial charge in [-0.2, -0.15) is 0 Å². The Morgan fingerprint density at radius 1 is 1.35 bits per heavy atom. The zero-order valence-electron chi connectivity index (χ0n) is 13.6. The molecule has 4 rings (SSSR count). The number of carbonyl (C=O) groups is 2. The summed E-state index contributed by atoms with van der Waals surface area (Å²) in [6.45, 7) is 1.19. The molecule has 0 aromatic heterocycles. The topological polar surface area (TPSA) is 75.6 Å². The van der Waals surface area contributed by atoms with Crippen LogP contribution in [-0.2, 0) is 10.3 Å². The van der Waals surface area contributed by atoms with E-state index in [1.807, 2.05) is 0 Å². The van der Waals surface area contributed by atoms with Gasteiger partial charge in [0.1, 0.15) is 11.9 Å². The number of benzene rings is 2. The highest BCUT2D eigenvalue weighted by Crippen LogP contribution is 2.42. The number of Topliss-reactive ketones (excluding diaryl/α,β-unsaturated/α-hetero) is 1. The minimum Gasteiger partial charge on any atom is -0.449 e. The number of fused-ring (bicyclic) bond motifs is 2. The standard InChI is InChI=1S/C19H15BrFNO4/c20-10-4-5-11(14(21)8-10)16(23)17(24)12-2-1-3-13-15(12)18(25)26-19(13)6-7-22-9-19/h1-5,8,16,22-23H,6-7,9H2. The van der Waals surface area contributed by atoms with Crippen molar-refractivity contribution in [3.8, 4) is 0 Å². The van der Waals surface area contributed by atoms with Crippen molar-refractivity contribution >= 4 is 27.7 Å². The molecule has 2 atom stereocenters. The zero-order valence-corrected chi connectivity index (χ0v) is 15.2. The van der Waals surface area contributed by atoms with Crippen LogP contribution >= 0.6 is 15.9 Å². The summed E-state index contributed by atoms with van der Waals surface area (Å²) in [5, 5.41) is 13.6. The number of aliphatic hydroxyl groups excluding tert-OH is 1. The maximum Gasteiger partial charge on any atom is 0.340 e. The lowest BCUT2D eigenvalue weighted by Gasteiger charge is -2.21. The first-order valence-electron chi connectivity index (χ1n) is 8.18. The molecule has 2 N–H and O–H groups in total. The number of halogens is 2. The van der Waals surface area contributed by atoms with Crippen LogP contribution in [0.4, 0.5) is 4.39 Å². The van der Waals surface area contributed by atoms with Gasteiger partial charge in [0.05, 0.1) is 5.56 Å². The summed E-state index contributed by atoms with van der Waals surface area (Å²) in [6.07, 6.45) is -1.09. The van der Waals surface area contributed by atoms with Gasteiger partial charge in [-0.3, -0.25) is 4.79 Å². The van der Waals surface area contributed by atoms with Crippen molar-refractivity contribution in [2.45, 2.75) is 18.1 Å². The Balaban J connectivity index is 1.76. The maximum absolute atomic E-state index is 14.1. The van der Waals surface area contributed by atoms with Crippen LogP contribution in [0.2, 0.25) is 0 Å². The molecule has 1 spiro atoms. The van der Waals surface area contributed by atoms with E-state index in [1.165, 1.54) is 24.3 Å². The van der Waals surface area contributed by atoms with Gasteiger partial charge in [-0.1, -0.05) is 40.2 Å². The largest absolute Gasteiger partial charge is 0.449 e. The van der Waals surface area contributed by atoms with E-state index in [1.54, 1.807) is 12.1 Å². The molecule has 2 aliphatic heterocycles. The molecule has 0 amide bonds. The van der Waals surface area contributed by atoms with E-state index in [4.69, 9.17) is 4.74 Å². The fraction of sp³-hybridized carbons (Fsp3) is 0.263. The minimum absolute atomic E-state index is 0.0473. The van der Waals surface area contributed by atoms with Crippen molar-refractivity contribution in [3.63, 3.8) is 0 Å². The molecule has 2 aromatic carbocycles. The average Bonchev–Trinajstić information content (AvgIpc) is 3.19. The van der Waals surface area contributed by atoms with Gasteiger partial charge in [-0.05, 0) is 18.7 Å². The summed E-state index contributed by atoms with van der Waals surface area (Å²) in [7, 11) is 0. The van der Waals surface area contributed by atoms with Gasteiger partial charge < -0.3 is 15.2 Å². The highest BCUT2D eigenvalue weighted by molar-refractivity contribution is 9.10. The summed E-state index contributed by atoms with van der Waals surface area (Å²) in [5.74, 6) is -2.02. The number of hydrogen-bond acceptors (Lipinski definition) is 5. The fourth-order valence-electron chi connectivity index (χ4n) is 3.64. The molecule has 7 heteroatoms. The zero-order chi connectivity index (χ0) is 18.5. The Kier molecular flexibility index (Phi) is 4.17. The van der Waals surface area contributed by atoms with Crippen molar-refractivity contribution in [1.82, 2.24) is 5.32 Å². The van der Waals surface area contributed by atoms with Gasteiger partial charge >= 0.3 is 5.97 Å². The quantitative estimate of drug-likeness (QED) is 0.590. The predicted molar refractivity (Wildman–Crippen MR) is 94.4 cm³/mol. The molecular formula is C19H15BrFNO4. The number of carbonyl (C=O) groups excluding carboxylic acids is 2. The molecule has 26 heavy (non-hydrogen) atoms. The second kappa shape index (κ2) is 6.26. The van der Waals surface area contributed by atoms with Gasteiger partial charge in [-0.25, -0.2) is 9.18 Å². The highest BCUT2D eigenvalue weighted by Gasteiger charge is 2.49. The first kappa shape index (κ1) is 17.3. The van der Waals surface area contributed by atoms with Crippen LogP contribution in [0.15, 0.2) is 40.9 Å². The molecule has 2 heterocycles. The van der Waals surface area contributed by atoms with Crippen LogP contribution in [-0.4, -0.2) is 29.9 Å². The van der Waals surface area contributed by atoms with Gasteiger partial charge in [0, 0.05) is 34.1 Å². The molecule has 2 unspecified atom stereocenters. The van der Waals surface area contributed by atoms with Crippen molar-refractivity contribution in [2.75, 3.05) is 13.1 Å². The SMILES string of the molecule is O=C1OC2(CCNC2)c2cccc(C(=O)C(O)c3ccc(Br)cc3F)c21. The molecule has 1 fully saturated rings. The number of rotatable bonds is 3. The number of nitrogens with one attached hydrogen (secondary N) is 1.